The molecule has 0 aliphatic carbocycles. The van der Waals surface area contributed by atoms with Crippen LogP contribution >= 0.6 is 0 Å². The van der Waals surface area contributed by atoms with Crippen molar-refractivity contribution in [2.75, 3.05) is 11.5 Å². The van der Waals surface area contributed by atoms with E-state index in [-0.39, 0.29) is 29.9 Å². The molecule has 13 heavy (non-hydrogen) atoms. The van der Waals surface area contributed by atoms with E-state index in [1.54, 1.807) is 0 Å². The zero-order chi connectivity index (χ0) is 9.90. The molecular formula is C8H13NO3S. The minimum Gasteiger partial charge on any atom is -0.352 e. The minimum atomic E-state index is -2.90. The third kappa shape index (κ3) is 3.18. The summed E-state index contributed by atoms with van der Waals surface area (Å²) in [7, 11) is -2.90. The summed E-state index contributed by atoms with van der Waals surface area (Å²) in [5.74, 6) is 0.110. The molecule has 1 rings (SSSR count). The monoisotopic (exact) mass is 203 g/mol. The fourth-order valence-electron chi connectivity index (χ4n) is 1.33. The highest BCUT2D eigenvalue weighted by molar-refractivity contribution is 7.91. The summed E-state index contributed by atoms with van der Waals surface area (Å²) in [6.45, 7) is 3.42. The van der Waals surface area contributed by atoms with E-state index >= 15 is 0 Å². The van der Waals surface area contributed by atoms with Gasteiger partial charge in [-0.15, -0.1) is 6.58 Å². The average molecular weight is 203 g/mol. The Morgan fingerprint density at radius 3 is 2.77 bits per heavy atom. The van der Waals surface area contributed by atoms with Crippen LogP contribution in [0.15, 0.2) is 12.7 Å². The van der Waals surface area contributed by atoms with E-state index in [0.29, 0.717) is 6.42 Å². The molecule has 1 aliphatic heterocycles. The Bertz CT molecular complexity index is 307. The van der Waals surface area contributed by atoms with Gasteiger partial charge >= 0.3 is 0 Å². The first-order chi connectivity index (χ1) is 6.03. The van der Waals surface area contributed by atoms with Crippen molar-refractivity contribution in [2.45, 2.75) is 18.9 Å². The fourth-order valence-corrected chi connectivity index (χ4v) is 3.00. The van der Waals surface area contributed by atoms with Crippen molar-refractivity contribution in [3.63, 3.8) is 0 Å². The number of carbonyl (C=O) groups is 1. The SMILES string of the molecule is C=CCC(=O)NC1CCS(=O)(=O)C1. The summed E-state index contributed by atoms with van der Waals surface area (Å²) in [5, 5.41) is 2.65. The van der Waals surface area contributed by atoms with Crippen molar-refractivity contribution in [3.8, 4) is 0 Å². The quantitative estimate of drug-likeness (QED) is 0.650. The van der Waals surface area contributed by atoms with Crippen molar-refractivity contribution in [3.05, 3.63) is 12.7 Å². The van der Waals surface area contributed by atoms with Gasteiger partial charge < -0.3 is 5.32 Å². The van der Waals surface area contributed by atoms with Gasteiger partial charge in [0.2, 0.25) is 5.91 Å². The maximum Gasteiger partial charge on any atom is 0.224 e. The van der Waals surface area contributed by atoms with Gasteiger partial charge in [-0.3, -0.25) is 4.79 Å². The van der Waals surface area contributed by atoms with E-state index in [2.05, 4.69) is 11.9 Å². The Hall–Kier alpha value is -0.840. The van der Waals surface area contributed by atoms with Gasteiger partial charge in [0.1, 0.15) is 0 Å². The standard InChI is InChI=1S/C8H13NO3S/c1-2-3-8(10)9-7-4-5-13(11,12)6-7/h2,7H,1,3-6H2,(H,9,10). The van der Waals surface area contributed by atoms with Crippen LogP contribution in [0.2, 0.25) is 0 Å². The third-order valence-corrected chi connectivity index (χ3v) is 3.70. The Morgan fingerprint density at radius 1 is 1.62 bits per heavy atom. The largest absolute Gasteiger partial charge is 0.352 e. The Morgan fingerprint density at radius 2 is 2.31 bits per heavy atom. The number of amides is 1. The summed E-state index contributed by atoms with van der Waals surface area (Å²) in [6.07, 6.45) is 2.28. The van der Waals surface area contributed by atoms with Crippen molar-refractivity contribution >= 4 is 15.7 Å². The zero-order valence-electron chi connectivity index (χ0n) is 7.32. The summed E-state index contributed by atoms with van der Waals surface area (Å²) in [4.78, 5) is 11.0. The molecule has 1 N–H and O–H groups in total. The van der Waals surface area contributed by atoms with Crippen molar-refractivity contribution in [1.82, 2.24) is 5.32 Å². The van der Waals surface area contributed by atoms with Gasteiger partial charge in [0.25, 0.3) is 0 Å². The molecule has 0 spiro atoms. The number of sulfone groups is 1. The molecule has 1 aliphatic rings. The maximum absolute atomic E-state index is 11.0. The van der Waals surface area contributed by atoms with Gasteiger partial charge in [0.05, 0.1) is 11.5 Å². The molecule has 0 radical (unpaired) electrons. The van der Waals surface area contributed by atoms with Crippen LogP contribution < -0.4 is 5.32 Å². The molecule has 0 bridgehead atoms. The van der Waals surface area contributed by atoms with Crippen LogP contribution in [0.25, 0.3) is 0 Å². The highest BCUT2D eigenvalue weighted by atomic mass is 32.2. The van der Waals surface area contributed by atoms with Gasteiger partial charge in [-0.1, -0.05) is 6.08 Å². The molecule has 1 unspecified atom stereocenters. The maximum atomic E-state index is 11.0. The Labute approximate surface area is 77.9 Å². The molecule has 1 amide bonds. The van der Waals surface area contributed by atoms with Crippen molar-refractivity contribution in [2.24, 2.45) is 0 Å². The second-order valence-electron chi connectivity index (χ2n) is 3.16. The predicted molar refractivity (Wildman–Crippen MR) is 50.0 cm³/mol. The van der Waals surface area contributed by atoms with E-state index in [0.717, 1.165) is 0 Å². The van der Waals surface area contributed by atoms with E-state index in [1.807, 2.05) is 0 Å². The molecule has 0 saturated carbocycles. The molecule has 1 heterocycles. The lowest BCUT2D eigenvalue weighted by atomic mass is 10.2. The Kier molecular flexibility index (Phi) is 3.08. The van der Waals surface area contributed by atoms with Crippen LogP contribution in [0.3, 0.4) is 0 Å². The van der Waals surface area contributed by atoms with E-state index < -0.39 is 9.84 Å². The smallest absolute Gasteiger partial charge is 0.224 e. The molecule has 1 saturated heterocycles. The van der Waals surface area contributed by atoms with Crippen LogP contribution in [-0.2, 0) is 14.6 Å². The van der Waals surface area contributed by atoms with Gasteiger partial charge in [-0.2, -0.15) is 0 Å². The second-order valence-corrected chi connectivity index (χ2v) is 5.39. The van der Waals surface area contributed by atoms with Crippen molar-refractivity contribution < 1.29 is 13.2 Å². The number of hydrogen-bond donors (Lipinski definition) is 1. The number of carbonyl (C=O) groups excluding carboxylic acids is 1. The first kappa shape index (κ1) is 10.2. The molecule has 1 fully saturated rings. The van der Waals surface area contributed by atoms with Gasteiger partial charge in [-0.25, -0.2) is 8.42 Å². The van der Waals surface area contributed by atoms with Gasteiger partial charge in [0, 0.05) is 12.5 Å². The zero-order valence-corrected chi connectivity index (χ0v) is 8.14. The lowest BCUT2D eigenvalue weighted by Gasteiger charge is -2.08. The van der Waals surface area contributed by atoms with Crippen LogP contribution in [0.4, 0.5) is 0 Å². The fraction of sp³-hybridized carbons (Fsp3) is 0.625. The Balaban J connectivity index is 2.40. The van der Waals surface area contributed by atoms with Crippen LogP contribution in [0, 0.1) is 0 Å². The van der Waals surface area contributed by atoms with Gasteiger partial charge in [-0.05, 0) is 6.42 Å². The molecule has 1 atom stereocenters. The van der Waals surface area contributed by atoms with E-state index in [1.165, 1.54) is 6.08 Å². The summed E-state index contributed by atoms with van der Waals surface area (Å²) in [5.41, 5.74) is 0. The topological polar surface area (TPSA) is 63.2 Å². The average Bonchev–Trinajstić information content (AvgIpc) is 2.30. The molecule has 0 aromatic carbocycles. The summed E-state index contributed by atoms with van der Waals surface area (Å²) >= 11 is 0. The molecule has 4 nitrogen and oxygen atoms in total. The molecule has 0 aromatic heterocycles. The third-order valence-electron chi connectivity index (χ3n) is 1.93. The lowest BCUT2D eigenvalue weighted by Crippen LogP contribution is -2.35. The van der Waals surface area contributed by atoms with E-state index in [4.69, 9.17) is 0 Å². The first-order valence-corrected chi connectivity index (χ1v) is 5.96. The van der Waals surface area contributed by atoms with E-state index in [9.17, 15) is 13.2 Å². The highest BCUT2D eigenvalue weighted by Crippen LogP contribution is 2.11. The van der Waals surface area contributed by atoms with Gasteiger partial charge in [0.15, 0.2) is 9.84 Å². The van der Waals surface area contributed by atoms with Crippen LogP contribution in [-0.4, -0.2) is 31.9 Å². The predicted octanol–water partition coefficient (Wildman–Crippen LogP) is -0.134. The number of nitrogens with one attached hydrogen (secondary N) is 1. The second kappa shape index (κ2) is 3.91. The molecule has 5 heteroatoms. The van der Waals surface area contributed by atoms with Crippen molar-refractivity contribution in [1.29, 1.82) is 0 Å². The lowest BCUT2D eigenvalue weighted by molar-refractivity contribution is -0.120. The molecule has 0 aromatic rings. The first-order valence-electron chi connectivity index (χ1n) is 4.14. The highest BCUT2D eigenvalue weighted by Gasteiger charge is 2.28. The normalized spacial score (nSPS) is 25.4. The molecular weight excluding hydrogens is 190 g/mol. The number of hydrogen-bond acceptors (Lipinski definition) is 3. The summed E-state index contributed by atoms with van der Waals surface area (Å²) in [6, 6.07) is -0.197. The van der Waals surface area contributed by atoms with Crippen LogP contribution in [0.1, 0.15) is 12.8 Å². The number of rotatable bonds is 3. The van der Waals surface area contributed by atoms with Crippen LogP contribution in [0.5, 0.6) is 0 Å². The molecule has 74 valence electrons. The minimum absolute atomic E-state index is 0.0792. The summed E-state index contributed by atoms with van der Waals surface area (Å²) < 4.78 is 22.0.